The van der Waals surface area contributed by atoms with Crippen molar-refractivity contribution in [3.05, 3.63) is 48.0 Å². The Morgan fingerprint density at radius 2 is 1.69 bits per heavy atom. The largest absolute Gasteiger partial charge is 0.330 e. The number of nitrogens with two attached hydrogens (primary N) is 1. The second-order valence-electron chi connectivity index (χ2n) is 4.51. The highest BCUT2D eigenvalue weighted by molar-refractivity contribution is 5.87. The van der Waals surface area contributed by atoms with Crippen LogP contribution in [0.2, 0.25) is 0 Å². The van der Waals surface area contributed by atoms with Gasteiger partial charge in [0.15, 0.2) is 0 Å². The Balaban J connectivity index is 0.000000963. The Labute approximate surface area is 102 Å². The summed E-state index contributed by atoms with van der Waals surface area (Å²) in [7, 11) is 0. The molecule has 0 unspecified atom stereocenters. The van der Waals surface area contributed by atoms with E-state index in [4.69, 9.17) is 5.73 Å². The van der Waals surface area contributed by atoms with Gasteiger partial charge in [0.2, 0.25) is 0 Å². The van der Waals surface area contributed by atoms with Crippen LogP contribution in [0.4, 0.5) is 0 Å². The second-order valence-corrected chi connectivity index (χ2v) is 4.51. The fraction of sp³-hybridized carbons (Fsp3) is 0.286. The van der Waals surface area contributed by atoms with Gasteiger partial charge in [0.25, 0.3) is 0 Å². The third-order valence-corrected chi connectivity index (χ3v) is 3.61. The Hall–Kier alpha value is -1.05. The molecule has 16 heavy (non-hydrogen) atoms. The van der Waals surface area contributed by atoms with E-state index in [-0.39, 0.29) is 12.4 Å². The van der Waals surface area contributed by atoms with E-state index >= 15 is 0 Å². The van der Waals surface area contributed by atoms with Crippen molar-refractivity contribution in [1.29, 1.82) is 0 Å². The summed E-state index contributed by atoms with van der Waals surface area (Å²) in [5.74, 6) is 0. The van der Waals surface area contributed by atoms with E-state index in [0.29, 0.717) is 5.41 Å². The summed E-state index contributed by atoms with van der Waals surface area (Å²) in [6.45, 7) is 0.779. The molecule has 1 aliphatic carbocycles. The molecule has 0 atom stereocenters. The molecule has 0 aromatic heterocycles. The summed E-state index contributed by atoms with van der Waals surface area (Å²) < 4.78 is 0. The Kier molecular flexibility index (Phi) is 2.92. The SMILES string of the molecule is Cl.NCC1(c2cccc3ccccc23)CC1. The highest BCUT2D eigenvalue weighted by Gasteiger charge is 2.43. The monoisotopic (exact) mass is 233 g/mol. The maximum absolute atomic E-state index is 5.89. The highest BCUT2D eigenvalue weighted by atomic mass is 35.5. The van der Waals surface area contributed by atoms with Crippen LogP contribution in [0.3, 0.4) is 0 Å². The maximum Gasteiger partial charge on any atom is 0.00823 e. The van der Waals surface area contributed by atoms with E-state index in [1.807, 2.05) is 0 Å². The number of halogens is 1. The summed E-state index contributed by atoms with van der Waals surface area (Å²) in [6.07, 6.45) is 2.50. The number of hydrogen-bond acceptors (Lipinski definition) is 1. The van der Waals surface area contributed by atoms with E-state index in [1.165, 1.54) is 29.2 Å². The Morgan fingerprint density at radius 3 is 2.38 bits per heavy atom. The molecule has 0 bridgehead atoms. The van der Waals surface area contributed by atoms with Crippen molar-refractivity contribution >= 4 is 23.2 Å². The summed E-state index contributed by atoms with van der Waals surface area (Å²) in [5.41, 5.74) is 7.63. The summed E-state index contributed by atoms with van der Waals surface area (Å²) in [4.78, 5) is 0. The van der Waals surface area contributed by atoms with E-state index in [1.54, 1.807) is 0 Å². The average molecular weight is 234 g/mol. The fourth-order valence-electron chi connectivity index (χ4n) is 2.42. The Bertz CT molecular complexity index is 498. The molecule has 1 saturated carbocycles. The van der Waals surface area contributed by atoms with Crippen LogP contribution < -0.4 is 5.73 Å². The Morgan fingerprint density at radius 1 is 1.00 bits per heavy atom. The van der Waals surface area contributed by atoms with Gasteiger partial charge in [-0.2, -0.15) is 0 Å². The van der Waals surface area contributed by atoms with Crippen LogP contribution in [-0.4, -0.2) is 6.54 Å². The first-order valence-corrected chi connectivity index (χ1v) is 5.54. The molecule has 3 rings (SSSR count). The molecule has 0 radical (unpaired) electrons. The van der Waals surface area contributed by atoms with Gasteiger partial charge in [-0.05, 0) is 29.2 Å². The molecule has 2 N–H and O–H groups in total. The van der Waals surface area contributed by atoms with Gasteiger partial charge in [-0.15, -0.1) is 12.4 Å². The van der Waals surface area contributed by atoms with Crippen LogP contribution >= 0.6 is 12.4 Å². The third kappa shape index (κ3) is 1.60. The molecule has 2 aromatic carbocycles. The van der Waals surface area contributed by atoms with Gasteiger partial charge in [-0.3, -0.25) is 0 Å². The van der Waals surface area contributed by atoms with Gasteiger partial charge in [-0.1, -0.05) is 42.5 Å². The minimum atomic E-state index is 0. The number of benzene rings is 2. The van der Waals surface area contributed by atoms with Gasteiger partial charge in [0.05, 0.1) is 0 Å². The van der Waals surface area contributed by atoms with Crippen LogP contribution in [0.1, 0.15) is 18.4 Å². The van der Waals surface area contributed by atoms with Crippen molar-refractivity contribution in [3.63, 3.8) is 0 Å². The molecular formula is C14H16ClN. The van der Waals surface area contributed by atoms with E-state index in [2.05, 4.69) is 42.5 Å². The van der Waals surface area contributed by atoms with Crippen molar-refractivity contribution in [2.24, 2.45) is 5.73 Å². The molecule has 0 spiro atoms. The molecule has 2 heteroatoms. The predicted octanol–water partition coefficient (Wildman–Crippen LogP) is 3.25. The van der Waals surface area contributed by atoms with Crippen LogP contribution in [0.5, 0.6) is 0 Å². The van der Waals surface area contributed by atoms with Gasteiger partial charge in [0, 0.05) is 12.0 Å². The number of fused-ring (bicyclic) bond motifs is 1. The lowest BCUT2D eigenvalue weighted by Crippen LogP contribution is -2.19. The van der Waals surface area contributed by atoms with Gasteiger partial charge in [0.1, 0.15) is 0 Å². The molecule has 1 fully saturated rings. The predicted molar refractivity (Wildman–Crippen MR) is 71.2 cm³/mol. The average Bonchev–Trinajstić information content (AvgIpc) is 3.09. The zero-order valence-corrected chi connectivity index (χ0v) is 9.96. The minimum absolute atomic E-state index is 0. The smallest absolute Gasteiger partial charge is 0.00823 e. The van der Waals surface area contributed by atoms with Gasteiger partial charge >= 0.3 is 0 Å². The van der Waals surface area contributed by atoms with Crippen molar-refractivity contribution in [2.75, 3.05) is 6.54 Å². The third-order valence-electron chi connectivity index (χ3n) is 3.61. The van der Waals surface area contributed by atoms with Crippen LogP contribution in [0, 0.1) is 0 Å². The molecule has 1 nitrogen and oxygen atoms in total. The standard InChI is InChI=1S/C14H15N.ClH/c15-10-14(8-9-14)13-7-3-5-11-4-1-2-6-12(11)13;/h1-7H,8-10,15H2;1H. The highest BCUT2D eigenvalue weighted by Crippen LogP contribution is 2.49. The van der Waals surface area contributed by atoms with E-state index in [0.717, 1.165) is 6.54 Å². The van der Waals surface area contributed by atoms with E-state index in [9.17, 15) is 0 Å². The molecule has 0 saturated heterocycles. The van der Waals surface area contributed by atoms with Crippen LogP contribution in [0.25, 0.3) is 10.8 Å². The first-order valence-electron chi connectivity index (χ1n) is 5.54. The first-order chi connectivity index (χ1) is 7.36. The molecule has 0 heterocycles. The zero-order chi connectivity index (χ0) is 10.3. The van der Waals surface area contributed by atoms with E-state index < -0.39 is 0 Å². The fourth-order valence-corrected chi connectivity index (χ4v) is 2.42. The van der Waals surface area contributed by atoms with Crippen molar-refractivity contribution in [2.45, 2.75) is 18.3 Å². The van der Waals surface area contributed by atoms with Gasteiger partial charge in [-0.25, -0.2) is 0 Å². The summed E-state index contributed by atoms with van der Waals surface area (Å²) >= 11 is 0. The lowest BCUT2D eigenvalue weighted by Gasteiger charge is -2.15. The number of hydrogen-bond donors (Lipinski definition) is 1. The normalized spacial score (nSPS) is 16.8. The minimum Gasteiger partial charge on any atom is -0.330 e. The molecule has 0 amide bonds. The van der Waals surface area contributed by atoms with Crippen LogP contribution in [0.15, 0.2) is 42.5 Å². The quantitative estimate of drug-likeness (QED) is 0.847. The first kappa shape index (κ1) is 11.4. The van der Waals surface area contributed by atoms with Crippen molar-refractivity contribution in [3.8, 4) is 0 Å². The lowest BCUT2D eigenvalue weighted by molar-refractivity contribution is 0.711. The number of rotatable bonds is 2. The summed E-state index contributed by atoms with van der Waals surface area (Å²) in [5, 5.41) is 2.71. The topological polar surface area (TPSA) is 26.0 Å². The van der Waals surface area contributed by atoms with Gasteiger partial charge < -0.3 is 5.73 Å². The zero-order valence-electron chi connectivity index (χ0n) is 9.15. The maximum atomic E-state index is 5.89. The van der Waals surface area contributed by atoms with Crippen LogP contribution in [-0.2, 0) is 5.41 Å². The molecule has 84 valence electrons. The molecule has 0 aliphatic heterocycles. The van der Waals surface area contributed by atoms with Crippen molar-refractivity contribution < 1.29 is 0 Å². The second kappa shape index (κ2) is 4.08. The van der Waals surface area contributed by atoms with Crippen molar-refractivity contribution in [1.82, 2.24) is 0 Å². The molecular weight excluding hydrogens is 218 g/mol. The lowest BCUT2D eigenvalue weighted by atomic mass is 9.91. The summed E-state index contributed by atoms with van der Waals surface area (Å²) in [6, 6.07) is 15.1. The molecule has 2 aromatic rings. The molecule has 1 aliphatic rings.